The highest BCUT2D eigenvalue weighted by Gasteiger charge is 2.33. The largest absolute Gasteiger partial charge is 0.466 e. The second-order valence-corrected chi connectivity index (χ2v) is 10.7. The van der Waals surface area contributed by atoms with Crippen molar-refractivity contribution < 1.29 is 18.4 Å². The van der Waals surface area contributed by atoms with Crippen molar-refractivity contribution in [3.8, 4) is 0 Å². The molecule has 1 aliphatic heterocycles. The maximum atomic E-state index is 13.7. The molecule has 3 aromatic heterocycles. The molecule has 0 saturated carbocycles. The van der Waals surface area contributed by atoms with Gasteiger partial charge in [0.15, 0.2) is 9.89 Å². The quantitative estimate of drug-likeness (QED) is 0.340. The van der Waals surface area contributed by atoms with Crippen LogP contribution in [0.25, 0.3) is 6.08 Å². The molecule has 0 fully saturated rings. The van der Waals surface area contributed by atoms with E-state index >= 15 is 0 Å². The highest BCUT2D eigenvalue weighted by Crippen LogP contribution is 2.32. The van der Waals surface area contributed by atoms with Crippen LogP contribution in [-0.4, -0.2) is 27.8 Å². The highest BCUT2D eigenvalue weighted by atomic mass is 32.2. The second kappa shape index (κ2) is 9.98. The van der Waals surface area contributed by atoms with Gasteiger partial charge in [-0.1, -0.05) is 49.4 Å². The summed E-state index contributed by atoms with van der Waals surface area (Å²) in [5.74, 6) is 0.794. The first-order valence-electron chi connectivity index (χ1n) is 11.5. The van der Waals surface area contributed by atoms with E-state index in [1.807, 2.05) is 24.3 Å². The molecule has 0 unspecified atom stereocenters. The van der Waals surface area contributed by atoms with Crippen molar-refractivity contribution in [1.82, 2.24) is 14.8 Å². The molecule has 190 valence electrons. The van der Waals surface area contributed by atoms with Crippen LogP contribution in [0.4, 0.5) is 0 Å². The SMILES string of the molecule is COC(=O)C1=C(C)N=c2s/c(=C/c3ccc(Sc4nnc(C)o4)o3)c(=O)n2[C@@H]1c1ccc(C(C)C)cc1. The fourth-order valence-corrected chi connectivity index (χ4v) is 5.79. The van der Waals surface area contributed by atoms with Crippen LogP contribution < -0.4 is 14.9 Å². The third kappa shape index (κ3) is 4.84. The molecule has 1 atom stereocenters. The Bertz CT molecular complexity index is 1690. The maximum Gasteiger partial charge on any atom is 0.338 e. The van der Waals surface area contributed by atoms with Crippen LogP contribution in [0.5, 0.6) is 0 Å². The molecule has 0 saturated heterocycles. The number of hydrogen-bond acceptors (Lipinski definition) is 10. The molecule has 0 spiro atoms. The Hall–Kier alpha value is -3.70. The minimum absolute atomic E-state index is 0.270. The fraction of sp³-hybridized carbons (Fsp3) is 0.269. The van der Waals surface area contributed by atoms with Crippen molar-refractivity contribution in [2.75, 3.05) is 7.11 Å². The van der Waals surface area contributed by atoms with E-state index in [1.165, 1.54) is 35.8 Å². The number of ether oxygens (including phenoxy) is 1. The summed E-state index contributed by atoms with van der Waals surface area (Å²) in [6, 6.07) is 10.8. The molecular formula is C26H24N4O5S2. The first kappa shape index (κ1) is 25.0. The number of hydrogen-bond donors (Lipinski definition) is 0. The second-order valence-electron chi connectivity index (χ2n) is 8.74. The van der Waals surface area contributed by atoms with Crippen LogP contribution in [0.3, 0.4) is 0 Å². The van der Waals surface area contributed by atoms with Gasteiger partial charge in [0.2, 0.25) is 5.89 Å². The highest BCUT2D eigenvalue weighted by molar-refractivity contribution is 7.99. The van der Waals surface area contributed by atoms with E-state index in [2.05, 4.69) is 29.0 Å². The lowest BCUT2D eigenvalue weighted by Crippen LogP contribution is -2.39. The predicted octanol–water partition coefficient (Wildman–Crippen LogP) is 3.97. The number of aryl methyl sites for hydroxylation is 1. The number of benzene rings is 1. The topological polar surface area (TPSA) is 113 Å². The number of rotatable bonds is 6. The van der Waals surface area contributed by atoms with Crippen LogP contribution in [0.15, 0.2) is 76.6 Å². The molecule has 37 heavy (non-hydrogen) atoms. The van der Waals surface area contributed by atoms with Crippen molar-refractivity contribution in [2.45, 2.75) is 50.0 Å². The lowest BCUT2D eigenvalue weighted by Gasteiger charge is -2.24. The van der Waals surface area contributed by atoms with Gasteiger partial charge in [-0.2, -0.15) is 0 Å². The van der Waals surface area contributed by atoms with Gasteiger partial charge in [-0.15, -0.1) is 10.2 Å². The summed E-state index contributed by atoms with van der Waals surface area (Å²) in [7, 11) is 1.33. The minimum Gasteiger partial charge on any atom is -0.466 e. The Kier molecular flexibility index (Phi) is 6.74. The summed E-state index contributed by atoms with van der Waals surface area (Å²) in [6.45, 7) is 7.70. The van der Waals surface area contributed by atoms with E-state index in [4.69, 9.17) is 13.6 Å². The first-order valence-corrected chi connectivity index (χ1v) is 13.2. The van der Waals surface area contributed by atoms with Gasteiger partial charge in [0.25, 0.3) is 10.8 Å². The number of aromatic nitrogens is 3. The normalized spacial score (nSPS) is 15.7. The third-order valence-corrected chi connectivity index (χ3v) is 7.66. The lowest BCUT2D eigenvalue weighted by molar-refractivity contribution is -0.136. The van der Waals surface area contributed by atoms with Crippen LogP contribution in [0.1, 0.15) is 55.5 Å². The zero-order valence-electron chi connectivity index (χ0n) is 20.8. The van der Waals surface area contributed by atoms with Crippen LogP contribution in [0.2, 0.25) is 0 Å². The summed E-state index contributed by atoms with van der Waals surface area (Å²) >= 11 is 2.43. The molecule has 9 nitrogen and oxygen atoms in total. The predicted molar refractivity (Wildman–Crippen MR) is 138 cm³/mol. The van der Waals surface area contributed by atoms with Gasteiger partial charge in [-0.25, -0.2) is 9.79 Å². The molecule has 1 aliphatic rings. The Morgan fingerprint density at radius 3 is 2.54 bits per heavy atom. The standard InChI is InChI=1S/C26H24N4O5S2/c1-13(2)16-6-8-17(9-7-16)22-21(24(32)33-5)14(3)27-25-30(22)23(31)19(36-25)12-18-10-11-20(35-18)37-26-29-28-15(4)34-26/h6-13,22H,1-5H3/b19-12+/t22-/m1/s1. The van der Waals surface area contributed by atoms with Gasteiger partial charge in [0.1, 0.15) is 5.76 Å². The molecule has 0 amide bonds. The molecular weight excluding hydrogens is 512 g/mol. The molecule has 0 radical (unpaired) electrons. The van der Waals surface area contributed by atoms with Gasteiger partial charge in [-0.3, -0.25) is 9.36 Å². The molecule has 4 heterocycles. The number of allylic oxidation sites excluding steroid dienone is 1. The number of carbonyl (C=O) groups is 1. The molecule has 1 aromatic carbocycles. The summed E-state index contributed by atoms with van der Waals surface area (Å²) in [5, 5.41) is 8.67. The van der Waals surface area contributed by atoms with E-state index in [-0.39, 0.29) is 5.56 Å². The monoisotopic (exact) mass is 536 g/mol. The molecule has 4 aromatic rings. The Labute approximate surface area is 220 Å². The smallest absolute Gasteiger partial charge is 0.338 e. The van der Waals surface area contributed by atoms with E-state index in [9.17, 15) is 9.59 Å². The Morgan fingerprint density at radius 2 is 1.89 bits per heavy atom. The van der Waals surface area contributed by atoms with Crippen molar-refractivity contribution in [2.24, 2.45) is 4.99 Å². The molecule has 0 N–H and O–H groups in total. The van der Waals surface area contributed by atoms with Crippen molar-refractivity contribution in [1.29, 1.82) is 0 Å². The number of methoxy groups -OCH3 is 1. The zero-order chi connectivity index (χ0) is 26.3. The summed E-state index contributed by atoms with van der Waals surface area (Å²) in [4.78, 5) is 31.6. The van der Waals surface area contributed by atoms with Crippen molar-refractivity contribution >= 4 is 35.1 Å². The van der Waals surface area contributed by atoms with E-state index < -0.39 is 12.0 Å². The van der Waals surface area contributed by atoms with Crippen LogP contribution in [0, 0.1) is 6.92 Å². The average Bonchev–Trinajstić information content (AvgIpc) is 3.57. The molecule has 5 rings (SSSR count). The number of furan rings is 1. The number of esters is 1. The lowest BCUT2D eigenvalue weighted by atomic mass is 9.93. The summed E-state index contributed by atoms with van der Waals surface area (Å²) in [6.07, 6.45) is 1.67. The maximum absolute atomic E-state index is 13.7. The van der Waals surface area contributed by atoms with Gasteiger partial charge in [-0.05, 0) is 36.1 Å². The van der Waals surface area contributed by atoms with Gasteiger partial charge >= 0.3 is 5.97 Å². The number of fused-ring (bicyclic) bond motifs is 1. The van der Waals surface area contributed by atoms with Crippen LogP contribution >= 0.6 is 23.1 Å². The number of nitrogens with zero attached hydrogens (tertiary/aromatic N) is 4. The zero-order valence-corrected chi connectivity index (χ0v) is 22.5. The third-order valence-electron chi connectivity index (χ3n) is 5.92. The van der Waals surface area contributed by atoms with Gasteiger partial charge in [0, 0.05) is 24.8 Å². The van der Waals surface area contributed by atoms with Crippen molar-refractivity contribution in [3.05, 3.63) is 90.1 Å². The van der Waals surface area contributed by atoms with Crippen molar-refractivity contribution in [3.63, 3.8) is 0 Å². The summed E-state index contributed by atoms with van der Waals surface area (Å²) in [5.41, 5.74) is 2.56. The molecule has 0 aliphatic carbocycles. The van der Waals surface area contributed by atoms with Gasteiger partial charge < -0.3 is 13.6 Å². The Morgan fingerprint density at radius 1 is 1.14 bits per heavy atom. The fourth-order valence-electron chi connectivity index (χ4n) is 4.07. The Balaban J connectivity index is 1.58. The average molecular weight is 537 g/mol. The van der Waals surface area contributed by atoms with E-state index in [0.29, 0.717) is 48.5 Å². The minimum atomic E-state index is -0.657. The van der Waals surface area contributed by atoms with Gasteiger partial charge in [0.05, 0.1) is 29.0 Å². The molecule has 0 bridgehead atoms. The summed E-state index contributed by atoms with van der Waals surface area (Å²) < 4.78 is 18.3. The first-order chi connectivity index (χ1) is 17.7. The number of thiazole rings is 1. The molecule has 11 heteroatoms. The van der Waals surface area contributed by atoms with Crippen LogP contribution in [-0.2, 0) is 9.53 Å². The number of carbonyl (C=O) groups excluding carboxylic acids is 1. The van der Waals surface area contributed by atoms with E-state index in [0.717, 1.165) is 5.56 Å². The van der Waals surface area contributed by atoms with E-state index in [1.54, 1.807) is 36.6 Å².